The number of hydrogen-bond donors (Lipinski definition) is 1. The first-order chi connectivity index (χ1) is 9.68. The summed E-state index contributed by atoms with van der Waals surface area (Å²) in [4.78, 5) is 4.36. The maximum absolute atomic E-state index is 13.6. The molecule has 4 heteroatoms. The molecule has 0 spiro atoms. The summed E-state index contributed by atoms with van der Waals surface area (Å²) in [5.74, 6) is -0.465. The van der Waals surface area contributed by atoms with Gasteiger partial charge in [-0.2, -0.15) is 0 Å². The largest absolute Gasteiger partial charge is 0.320 e. The van der Waals surface area contributed by atoms with E-state index in [1.165, 1.54) is 6.07 Å². The van der Waals surface area contributed by atoms with Crippen LogP contribution in [0.2, 0.25) is 5.02 Å². The van der Waals surface area contributed by atoms with Gasteiger partial charge in [-0.3, -0.25) is 4.98 Å². The van der Waals surface area contributed by atoms with Crippen LogP contribution in [0.1, 0.15) is 17.2 Å². The second-order valence-electron chi connectivity index (χ2n) is 4.54. The molecule has 100 valence electrons. The fraction of sp³-hybridized carbons (Fsp3) is 0.0625. The molecule has 0 saturated heterocycles. The van der Waals surface area contributed by atoms with Crippen LogP contribution < -0.4 is 5.73 Å². The molecule has 0 amide bonds. The molecule has 0 aliphatic heterocycles. The van der Waals surface area contributed by atoms with E-state index < -0.39 is 11.9 Å². The van der Waals surface area contributed by atoms with E-state index >= 15 is 0 Å². The van der Waals surface area contributed by atoms with Crippen LogP contribution in [0.5, 0.6) is 0 Å². The molecular formula is C16H12ClFN2. The Morgan fingerprint density at radius 2 is 1.70 bits per heavy atom. The zero-order valence-electron chi connectivity index (χ0n) is 10.6. The van der Waals surface area contributed by atoms with Crippen molar-refractivity contribution in [3.05, 3.63) is 76.7 Å². The smallest absolute Gasteiger partial charge is 0.142 e. The molecule has 0 radical (unpaired) electrons. The lowest BCUT2D eigenvalue weighted by Gasteiger charge is -2.16. The normalized spacial score (nSPS) is 12.6. The predicted molar refractivity (Wildman–Crippen MR) is 79.2 cm³/mol. The van der Waals surface area contributed by atoms with E-state index in [-0.39, 0.29) is 5.02 Å². The summed E-state index contributed by atoms with van der Waals surface area (Å²) >= 11 is 6.01. The molecule has 3 aromatic rings. The van der Waals surface area contributed by atoms with Gasteiger partial charge in [-0.1, -0.05) is 48.0 Å². The van der Waals surface area contributed by atoms with Crippen molar-refractivity contribution in [2.24, 2.45) is 5.73 Å². The van der Waals surface area contributed by atoms with E-state index in [0.29, 0.717) is 5.56 Å². The van der Waals surface area contributed by atoms with Crippen LogP contribution in [0.25, 0.3) is 10.9 Å². The molecule has 2 nitrogen and oxygen atoms in total. The number of pyridine rings is 1. The molecule has 2 aromatic carbocycles. The number of rotatable bonds is 2. The van der Waals surface area contributed by atoms with E-state index in [1.54, 1.807) is 18.3 Å². The monoisotopic (exact) mass is 286 g/mol. The molecular weight excluding hydrogens is 275 g/mol. The van der Waals surface area contributed by atoms with Crippen molar-refractivity contribution < 1.29 is 4.39 Å². The number of para-hydroxylation sites is 1. The van der Waals surface area contributed by atoms with Crippen molar-refractivity contribution in [1.29, 1.82) is 0 Å². The van der Waals surface area contributed by atoms with Crippen LogP contribution >= 0.6 is 11.6 Å². The third-order valence-electron chi connectivity index (χ3n) is 3.32. The van der Waals surface area contributed by atoms with Crippen molar-refractivity contribution in [2.75, 3.05) is 0 Å². The highest BCUT2D eigenvalue weighted by molar-refractivity contribution is 6.31. The third kappa shape index (κ3) is 2.15. The molecule has 0 bridgehead atoms. The van der Waals surface area contributed by atoms with Crippen LogP contribution in [0.15, 0.2) is 54.7 Å². The Balaban J connectivity index is 2.18. The number of halogens is 2. The zero-order valence-corrected chi connectivity index (χ0v) is 11.3. The van der Waals surface area contributed by atoms with Gasteiger partial charge in [-0.05, 0) is 23.3 Å². The number of hydrogen-bond acceptors (Lipinski definition) is 2. The number of nitrogens with two attached hydrogens (primary N) is 1. The van der Waals surface area contributed by atoms with Gasteiger partial charge in [0.15, 0.2) is 0 Å². The Kier molecular flexibility index (Phi) is 3.38. The number of aromatic nitrogens is 1. The fourth-order valence-corrected chi connectivity index (χ4v) is 2.55. The Labute approximate surface area is 121 Å². The first kappa shape index (κ1) is 13.0. The molecule has 1 heterocycles. The molecule has 1 atom stereocenters. The maximum atomic E-state index is 13.6. The Hall–Kier alpha value is -1.97. The number of nitrogens with zero attached hydrogens (tertiary/aromatic N) is 1. The number of fused-ring (bicyclic) bond motifs is 1. The van der Waals surface area contributed by atoms with E-state index in [4.69, 9.17) is 17.3 Å². The van der Waals surface area contributed by atoms with Gasteiger partial charge in [-0.15, -0.1) is 0 Å². The third-order valence-corrected chi connectivity index (χ3v) is 3.71. The number of benzene rings is 2. The Bertz CT molecular complexity index is 768. The van der Waals surface area contributed by atoms with Crippen molar-refractivity contribution in [3.8, 4) is 0 Å². The summed E-state index contributed by atoms with van der Waals surface area (Å²) < 4.78 is 13.6. The van der Waals surface area contributed by atoms with Gasteiger partial charge in [0.05, 0.1) is 16.6 Å². The summed E-state index contributed by atoms with van der Waals surface area (Å²) in [6.07, 6.45) is 1.71. The van der Waals surface area contributed by atoms with Crippen LogP contribution in [0.3, 0.4) is 0 Å². The SMILES string of the molecule is NC(c1cccc(F)c1Cl)c1cccc2cccnc12. The first-order valence-electron chi connectivity index (χ1n) is 6.21. The molecule has 1 unspecified atom stereocenters. The Morgan fingerprint density at radius 1 is 1.00 bits per heavy atom. The van der Waals surface area contributed by atoms with Crippen molar-refractivity contribution >= 4 is 22.5 Å². The van der Waals surface area contributed by atoms with Gasteiger partial charge in [-0.25, -0.2) is 4.39 Å². The highest BCUT2D eigenvalue weighted by Crippen LogP contribution is 2.31. The molecule has 0 aliphatic carbocycles. The minimum Gasteiger partial charge on any atom is -0.320 e. The Morgan fingerprint density at radius 3 is 2.55 bits per heavy atom. The van der Waals surface area contributed by atoms with Gasteiger partial charge < -0.3 is 5.73 Å². The lowest BCUT2D eigenvalue weighted by atomic mass is 9.97. The lowest BCUT2D eigenvalue weighted by molar-refractivity contribution is 0.624. The quantitative estimate of drug-likeness (QED) is 0.771. The van der Waals surface area contributed by atoms with Crippen molar-refractivity contribution in [3.63, 3.8) is 0 Å². The minimum absolute atomic E-state index is 0.0629. The molecule has 3 rings (SSSR count). The second kappa shape index (κ2) is 5.19. The average Bonchev–Trinajstić information content (AvgIpc) is 2.49. The predicted octanol–water partition coefficient (Wildman–Crippen LogP) is 4.08. The summed E-state index contributed by atoms with van der Waals surface area (Å²) in [5, 5.41) is 1.06. The lowest BCUT2D eigenvalue weighted by Crippen LogP contribution is -2.13. The van der Waals surface area contributed by atoms with E-state index in [1.807, 2.05) is 30.3 Å². The average molecular weight is 287 g/mol. The van der Waals surface area contributed by atoms with Gasteiger partial charge in [0.2, 0.25) is 0 Å². The standard InChI is InChI=1S/C16H12ClFN2/c17-14-11(6-2-8-13(14)18)15(19)12-7-1-4-10-5-3-9-20-16(10)12/h1-9,15H,19H2. The summed E-state index contributed by atoms with van der Waals surface area (Å²) in [7, 11) is 0. The summed E-state index contributed by atoms with van der Waals surface area (Å²) in [6.45, 7) is 0. The molecule has 20 heavy (non-hydrogen) atoms. The highest BCUT2D eigenvalue weighted by Gasteiger charge is 2.17. The summed E-state index contributed by atoms with van der Waals surface area (Å²) in [6, 6.07) is 13.7. The topological polar surface area (TPSA) is 38.9 Å². The van der Waals surface area contributed by atoms with Crippen LogP contribution in [-0.2, 0) is 0 Å². The second-order valence-corrected chi connectivity index (χ2v) is 4.92. The van der Waals surface area contributed by atoms with Crippen molar-refractivity contribution in [1.82, 2.24) is 4.98 Å². The van der Waals surface area contributed by atoms with E-state index in [0.717, 1.165) is 16.5 Å². The van der Waals surface area contributed by atoms with Gasteiger partial charge >= 0.3 is 0 Å². The van der Waals surface area contributed by atoms with E-state index in [9.17, 15) is 4.39 Å². The van der Waals surface area contributed by atoms with E-state index in [2.05, 4.69) is 4.98 Å². The van der Waals surface area contributed by atoms with Crippen LogP contribution in [0.4, 0.5) is 4.39 Å². The fourth-order valence-electron chi connectivity index (χ4n) is 2.31. The summed E-state index contributed by atoms with van der Waals surface area (Å²) in [5.41, 5.74) is 8.46. The van der Waals surface area contributed by atoms with Crippen molar-refractivity contribution in [2.45, 2.75) is 6.04 Å². The van der Waals surface area contributed by atoms with Gasteiger partial charge in [0, 0.05) is 11.6 Å². The van der Waals surface area contributed by atoms with Gasteiger partial charge in [0.1, 0.15) is 5.82 Å². The minimum atomic E-state index is -0.517. The molecule has 0 fully saturated rings. The highest BCUT2D eigenvalue weighted by atomic mass is 35.5. The first-order valence-corrected chi connectivity index (χ1v) is 6.59. The molecule has 0 saturated carbocycles. The molecule has 2 N–H and O–H groups in total. The molecule has 1 aromatic heterocycles. The molecule has 0 aliphatic rings. The van der Waals surface area contributed by atoms with Crippen LogP contribution in [-0.4, -0.2) is 4.98 Å². The van der Waals surface area contributed by atoms with Crippen LogP contribution in [0, 0.1) is 5.82 Å². The zero-order chi connectivity index (χ0) is 14.1. The maximum Gasteiger partial charge on any atom is 0.142 e. The van der Waals surface area contributed by atoms with Gasteiger partial charge in [0.25, 0.3) is 0 Å².